The quantitative estimate of drug-likeness (QED) is 0.384. The zero-order valence-corrected chi connectivity index (χ0v) is 18.3. The lowest BCUT2D eigenvalue weighted by atomic mass is 10.2. The average Bonchev–Trinajstić information content (AvgIpc) is 3.23. The summed E-state index contributed by atoms with van der Waals surface area (Å²) in [5, 5.41) is 16.0. The van der Waals surface area contributed by atoms with Crippen LogP contribution in [0.15, 0.2) is 29.3 Å². The van der Waals surface area contributed by atoms with Gasteiger partial charge in [0, 0.05) is 18.1 Å². The van der Waals surface area contributed by atoms with Crippen molar-refractivity contribution >= 4 is 41.5 Å². The van der Waals surface area contributed by atoms with Gasteiger partial charge < -0.3 is 15.2 Å². The van der Waals surface area contributed by atoms with E-state index in [9.17, 15) is 0 Å². The summed E-state index contributed by atoms with van der Waals surface area (Å²) >= 11 is 6.24. The second kappa shape index (κ2) is 10.1. The van der Waals surface area contributed by atoms with Gasteiger partial charge in [-0.05, 0) is 31.4 Å². The van der Waals surface area contributed by atoms with Gasteiger partial charge in [-0.15, -0.1) is 34.2 Å². The summed E-state index contributed by atoms with van der Waals surface area (Å²) in [5.41, 5.74) is 1.02. The monoisotopic (exact) mass is 488 g/mol. The minimum absolute atomic E-state index is 0. The molecule has 1 fully saturated rings. The second-order valence-electron chi connectivity index (χ2n) is 6.46. The first-order valence-electron chi connectivity index (χ1n) is 8.76. The van der Waals surface area contributed by atoms with Crippen LogP contribution in [-0.2, 0) is 20.1 Å². The zero-order chi connectivity index (χ0) is 17.6. The van der Waals surface area contributed by atoms with Crippen LogP contribution in [0.4, 0.5) is 0 Å². The number of aromatic nitrogens is 3. The summed E-state index contributed by atoms with van der Waals surface area (Å²) in [7, 11) is 1.97. The standard InChI is InChI=1S/C18H25ClN6.HI/c1-13-23-24-17(25(13)2)12-21-18(22-15-8-4-5-9-15)20-11-14-7-3-6-10-16(14)19;/h3,6-7,10,15H,4-5,8-9,11-12H2,1-2H3,(H2,20,21,22);1H. The SMILES string of the molecule is Cc1nnc(CNC(=NCc2ccccc2Cl)NC2CCCC2)n1C.I. The smallest absolute Gasteiger partial charge is 0.192 e. The van der Waals surface area contributed by atoms with Gasteiger partial charge in [-0.3, -0.25) is 0 Å². The number of benzene rings is 1. The molecular weight excluding hydrogens is 463 g/mol. The van der Waals surface area contributed by atoms with Gasteiger partial charge in [0.15, 0.2) is 11.8 Å². The fourth-order valence-electron chi connectivity index (χ4n) is 2.97. The number of aliphatic imine (C=N–C) groups is 1. The first-order chi connectivity index (χ1) is 12.1. The van der Waals surface area contributed by atoms with Gasteiger partial charge in [-0.1, -0.05) is 42.6 Å². The largest absolute Gasteiger partial charge is 0.354 e. The molecule has 0 bridgehead atoms. The van der Waals surface area contributed by atoms with E-state index < -0.39 is 0 Å². The van der Waals surface area contributed by atoms with Crippen LogP contribution >= 0.6 is 35.6 Å². The molecule has 1 aromatic heterocycles. The van der Waals surface area contributed by atoms with Crippen LogP contribution in [0.3, 0.4) is 0 Å². The molecule has 1 aromatic carbocycles. The Balaban J connectivity index is 0.00000243. The Morgan fingerprint density at radius 1 is 1.27 bits per heavy atom. The summed E-state index contributed by atoms with van der Waals surface area (Å²) in [6.07, 6.45) is 4.93. The first kappa shape index (κ1) is 21.0. The van der Waals surface area contributed by atoms with Crippen LogP contribution < -0.4 is 10.6 Å². The van der Waals surface area contributed by atoms with Gasteiger partial charge >= 0.3 is 0 Å². The molecule has 26 heavy (non-hydrogen) atoms. The summed E-state index contributed by atoms with van der Waals surface area (Å²) in [6, 6.07) is 8.30. The summed E-state index contributed by atoms with van der Waals surface area (Å²) in [4.78, 5) is 4.72. The first-order valence-corrected chi connectivity index (χ1v) is 9.14. The lowest BCUT2D eigenvalue weighted by Crippen LogP contribution is -2.42. The molecule has 0 unspecified atom stereocenters. The third-order valence-electron chi connectivity index (χ3n) is 4.66. The zero-order valence-electron chi connectivity index (χ0n) is 15.2. The lowest BCUT2D eigenvalue weighted by molar-refractivity contribution is 0.606. The van der Waals surface area contributed by atoms with E-state index in [4.69, 9.17) is 16.6 Å². The second-order valence-corrected chi connectivity index (χ2v) is 6.87. The number of guanidine groups is 1. The molecule has 3 rings (SSSR count). The normalized spacial score (nSPS) is 15.0. The molecule has 2 N–H and O–H groups in total. The predicted molar refractivity (Wildman–Crippen MR) is 116 cm³/mol. The van der Waals surface area contributed by atoms with Crippen LogP contribution in [0.2, 0.25) is 5.02 Å². The minimum Gasteiger partial charge on any atom is -0.354 e. The van der Waals surface area contributed by atoms with Crippen LogP contribution in [0.25, 0.3) is 0 Å². The molecule has 1 saturated carbocycles. The third-order valence-corrected chi connectivity index (χ3v) is 5.03. The molecule has 0 amide bonds. The molecule has 0 radical (unpaired) electrons. The highest BCUT2D eigenvalue weighted by Crippen LogP contribution is 2.18. The lowest BCUT2D eigenvalue weighted by Gasteiger charge is -2.17. The number of aryl methyl sites for hydroxylation is 1. The highest BCUT2D eigenvalue weighted by atomic mass is 127. The van der Waals surface area contributed by atoms with Crippen molar-refractivity contribution in [2.24, 2.45) is 12.0 Å². The topological polar surface area (TPSA) is 67.1 Å². The van der Waals surface area contributed by atoms with Crippen molar-refractivity contribution in [3.8, 4) is 0 Å². The highest BCUT2D eigenvalue weighted by Gasteiger charge is 2.16. The van der Waals surface area contributed by atoms with Gasteiger partial charge in [0.1, 0.15) is 5.82 Å². The Hall–Kier alpha value is -1.35. The number of nitrogens with zero attached hydrogens (tertiary/aromatic N) is 4. The molecule has 0 saturated heterocycles. The van der Waals surface area contributed by atoms with E-state index in [1.807, 2.05) is 42.8 Å². The molecule has 8 heteroatoms. The maximum atomic E-state index is 6.24. The van der Waals surface area contributed by atoms with E-state index in [2.05, 4.69) is 20.8 Å². The summed E-state index contributed by atoms with van der Waals surface area (Å²) in [6.45, 7) is 3.07. The van der Waals surface area contributed by atoms with Crippen molar-refractivity contribution in [1.29, 1.82) is 0 Å². The van der Waals surface area contributed by atoms with Crippen molar-refractivity contribution in [2.45, 2.75) is 51.7 Å². The Bertz CT molecular complexity index is 739. The van der Waals surface area contributed by atoms with Crippen molar-refractivity contribution < 1.29 is 0 Å². The van der Waals surface area contributed by atoms with E-state index in [-0.39, 0.29) is 24.0 Å². The van der Waals surface area contributed by atoms with Crippen molar-refractivity contribution in [1.82, 2.24) is 25.4 Å². The molecule has 0 aliphatic heterocycles. The number of nitrogens with one attached hydrogen (secondary N) is 2. The van der Waals surface area contributed by atoms with Crippen molar-refractivity contribution in [2.75, 3.05) is 0 Å². The Morgan fingerprint density at radius 2 is 2.00 bits per heavy atom. The van der Waals surface area contributed by atoms with Crippen molar-refractivity contribution in [3.05, 3.63) is 46.5 Å². The molecule has 1 heterocycles. The summed E-state index contributed by atoms with van der Waals surface area (Å²) in [5.74, 6) is 2.58. The van der Waals surface area contributed by atoms with E-state index in [0.29, 0.717) is 19.1 Å². The maximum Gasteiger partial charge on any atom is 0.192 e. The van der Waals surface area contributed by atoms with E-state index >= 15 is 0 Å². The van der Waals surface area contributed by atoms with Crippen LogP contribution in [0.1, 0.15) is 42.9 Å². The molecular formula is C18H26ClIN6. The van der Waals surface area contributed by atoms with Crippen LogP contribution in [0.5, 0.6) is 0 Å². The molecule has 0 spiro atoms. The van der Waals surface area contributed by atoms with E-state index in [1.54, 1.807) is 0 Å². The average molecular weight is 489 g/mol. The number of rotatable bonds is 5. The van der Waals surface area contributed by atoms with Crippen LogP contribution in [0, 0.1) is 6.92 Å². The molecule has 1 aliphatic carbocycles. The van der Waals surface area contributed by atoms with E-state index in [0.717, 1.165) is 28.2 Å². The van der Waals surface area contributed by atoms with Gasteiger partial charge in [0.2, 0.25) is 0 Å². The molecule has 6 nitrogen and oxygen atoms in total. The maximum absolute atomic E-state index is 6.24. The number of halogens is 2. The van der Waals surface area contributed by atoms with Gasteiger partial charge in [0.05, 0.1) is 13.1 Å². The van der Waals surface area contributed by atoms with Crippen molar-refractivity contribution in [3.63, 3.8) is 0 Å². The molecule has 0 atom stereocenters. The predicted octanol–water partition coefficient (Wildman–Crippen LogP) is 3.57. The fraction of sp³-hybridized carbons (Fsp3) is 0.500. The van der Waals surface area contributed by atoms with Crippen LogP contribution in [-0.4, -0.2) is 26.8 Å². The van der Waals surface area contributed by atoms with Gasteiger partial charge in [-0.25, -0.2) is 4.99 Å². The van der Waals surface area contributed by atoms with E-state index in [1.165, 1.54) is 25.7 Å². The third kappa shape index (κ3) is 5.57. The number of hydrogen-bond donors (Lipinski definition) is 2. The van der Waals surface area contributed by atoms with Gasteiger partial charge in [0.25, 0.3) is 0 Å². The number of hydrogen-bond acceptors (Lipinski definition) is 3. The molecule has 1 aliphatic rings. The molecule has 142 valence electrons. The summed E-state index contributed by atoms with van der Waals surface area (Å²) < 4.78 is 1.98. The molecule has 2 aromatic rings. The highest BCUT2D eigenvalue weighted by molar-refractivity contribution is 14.0. The Morgan fingerprint density at radius 3 is 2.65 bits per heavy atom. The Kier molecular flexibility index (Phi) is 8.15. The fourth-order valence-corrected chi connectivity index (χ4v) is 3.17. The Labute approximate surface area is 176 Å². The van der Waals surface area contributed by atoms with Gasteiger partial charge in [-0.2, -0.15) is 0 Å². The minimum atomic E-state index is 0.